The fraction of sp³-hybridized carbons (Fsp3) is 0.647. The van der Waals surface area contributed by atoms with Crippen LogP contribution >= 0.6 is 0 Å². The fourth-order valence-corrected chi connectivity index (χ4v) is 3.21. The van der Waals surface area contributed by atoms with Gasteiger partial charge in [-0.1, -0.05) is 50.1 Å². The Hall–Kier alpha value is -0.820. The lowest BCUT2D eigenvalue weighted by atomic mass is 9.83. The minimum absolute atomic E-state index is 0.580. The van der Waals surface area contributed by atoms with Crippen molar-refractivity contribution in [1.82, 2.24) is 5.32 Å². The first kappa shape index (κ1) is 13.6. The standard InChI is InChI=1S/C17H27N/c1-3-17(11-7-8-12-17)14-18-15(2)13-16-9-5-4-6-10-16/h4-6,9-10,15,18H,3,7-8,11-14H2,1-2H3. The summed E-state index contributed by atoms with van der Waals surface area (Å²) < 4.78 is 0. The van der Waals surface area contributed by atoms with E-state index in [2.05, 4.69) is 49.5 Å². The summed E-state index contributed by atoms with van der Waals surface area (Å²) in [4.78, 5) is 0. The van der Waals surface area contributed by atoms with Gasteiger partial charge < -0.3 is 5.32 Å². The van der Waals surface area contributed by atoms with Crippen LogP contribution in [0.3, 0.4) is 0 Å². The first-order valence-corrected chi connectivity index (χ1v) is 7.51. The normalized spacial score (nSPS) is 19.9. The molecule has 1 aliphatic carbocycles. The minimum Gasteiger partial charge on any atom is -0.313 e. The lowest BCUT2D eigenvalue weighted by molar-refractivity contribution is 0.258. The SMILES string of the molecule is CCC1(CNC(C)Cc2ccccc2)CCCC1. The number of rotatable bonds is 6. The van der Waals surface area contributed by atoms with E-state index < -0.39 is 0 Å². The van der Waals surface area contributed by atoms with E-state index in [1.54, 1.807) is 0 Å². The highest BCUT2D eigenvalue weighted by molar-refractivity contribution is 5.15. The van der Waals surface area contributed by atoms with E-state index in [1.807, 2.05) is 0 Å². The van der Waals surface area contributed by atoms with E-state index in [1.165, 1.54) is 44.2 Å². The average Bonchev–Trinajstić information content (AvgIpc) is 2.87. The van der Waals surface area contributed by atoms with Crippen molar-refractivity contribution < 1.29 is 0 Å². The molecule has 0 bridgehead atoms. The molecule has 0 radical (unpaired) electrons. The largest absolute Gasteiger partial charge is 0.313 e. The van der Waals surface area contributed by atoms with Gasteiger partial charge >= 0.3 is 0 Å². The molecule has 2 rings (SSSR count). The van der Waals surface area contributed by atoms with Gasteiger partial charge in [0.15, 0.2) is 0 Å². The van der Waals surface area contributed by atoms with Crippen molar-refractivity contribution in [3.8, 4) is 0 Å². The zero-order valence-corrected chi connectivity index (χ0v) is 11.9. The molecule has 0 aliphatic heterocycles. The minimum atomic E-state index is 0.580. The van der Waals surface area contributed by atoms with Crippen LogP contribution in [0.4, 0.5) is 0 Å². The molecule has 18 heavy (non-hydrogen) atoms. The second-order valence-electron chi connectivity index (χ2n) is 6.03. The number of hydrogen-bond donors (Lipinski definition) is 1. The Morgan fingerprint density at radius 2 is 1.83 bits per heavy atom. The van der Waals surface area contributed by atoms with Gasteiger partial charge in [-0.3, -0.25) is 0 Å². The van der Waals surface area contributed by atoms with Crippen molar-refractivity contribution in [3.05, 3.63) is 35.9 Å². The van der Waals surface area contributed by atoms with Gasteiger partial charge in [0.1, 0.15) is 0 Å². The van der Waals surface area contributed by atoms with E-state index in [0.717, 1.165) is 6.42 Å². The predicted molar refractivity (Wildman–Crippen MR) is 78.8 cm³/mol. The number of benzene rings is 1. The van der Waals surface area contributed by atoms with E-state index in [9.17, 15) is 0 Å². The second-order valence-corrected chi connectivity index (χ2v) is 6.03. The molecule has 0 amide bonds. The maximum atomic E-state index is 3.76. The first-order chi connectivity index (χ1) is 8.74. The molecule has 1 aliphatic rings. The summed E-state index contributed by atoms with van der Waals surface area (Å²) in [6.07, 6.45) is 8.19. The quantitative estimate of drug-likeness (QED) is 0.793. The summed E-state index contributed by atoms with van der Waals surface area (Å²) in [5.74, 6) is 0. The summed E-state index contributed by atoms with van der Waals surface area (Å²) in [6, 6.07) is 11.4. The summed E-state index contributed by atoms with van der Waals surface area (Å²) in [5, 5.41) is 3.76. The summed E-state index contributed by atoms with van der Waals surface area (Å²) in [5.41, 5.74) is 2.04. The highest BCUT2D eigenvalue weighted by Gasteiger charge is 2.31. The highest BCUT2D eigenvalue weighted by Crippen LogP contribution is 2.40. The number of nitrogens with one attached hydrogen (secondary N) is 1. The van der Waals surface area contributed by atoms with Crippen LogP contribution in [0.5, 0.6) is 0 Å². The van der Waals surface area contributed by atoms with Gasteiger partial charge in [0.25, 0.3) is 0 Å². The van der Waals surface area contributed by atoms with Crippen LogP contribution in [0.25, 0.3) is 0 Å². The third-order valence-corrected chi connectivity index (χ3v) is 4.62. The smallest absolute Gasteiger partial charge is 0.00793 e. The van der Waals surface area contributed by atoms with Gasteiger partial charge in [0.05, 0.1) is 0 Å². The fourth-order valence-electron chi connectivity index (χ4n) is 3.21. The van der Waals surface area contributed by atoms with Gasteiger partial charge in [-0.15, -0.1) is 0 Å². The molecule has 1 nitrogen and oxygen atoms in total. The monoisotopic (exact) mass is 245 g/mol. The molecule has 1 aromatic rings. The van der Waals surface area contributed by atoms with E-state index in [4.69, 9.17) is 0 Å². The predicted octanol–water partition coefficient (Wildman–Crippen LogP) is 4.18. The van der Waals surface area contributed by atoms with Gasteiger partial charge in [-0.05, 0) is 43.6 Å². The van der Waals surface area contributed by atoms with Crippen LogP contribution in [-0.2, 0) is 6.42 Å². The topological polar surface area (TPSA) is 12.0 Å². The molecule has 1 fully saturated rings. The lowest BCUT2D eigenvalue weighted by Gasteiger charge is -2.29. The Balaban J connectivity index is 1.79. The Morgan fingerprint density at radius 3 is 2.44 bits per heavy atom. The van der Waals surface area contributed by atoms with Crippen molar-refractivity contribution in [1.29, 1.82) is 0 Å². The zero-order chi connectivity index (χ0) is 12.8. The average molecular weight is 245 g/mol. The molecular weight excluding hydrogens is 218 g/mol. The molecule has 1 unspecified atom stereocenters. The van der Waals surface area contributed by atoms with Gasteiger partial charge in [0, 0.05) is 12.6 Å². The third kappa shape index (κ3) is 3.58. The molecule has 1 N–H and O–H groups in total. The van der Waals surface area contributed by atoms with Crippen LogP contribution in [0, 0.1) is 5.41 Å². The Kier molecular flexibility index (Phi) is 4.82. The second kappa shape index (κ2) is 6.38. The van der Waals surface area contributed by atoms with Gasteiger partial charge in [-0.2, -0.15) is 0 Å². The molecule has 0 aromatic heterocycles. The molecule has 1 aromatic carbocycles. The Morgan fingerprint density at radius 1 is 1.17 bits per heavy atom. The molecular formula is C17H27N. The molecule has 0 heterocycles. The maximum absolute atomic E-state index is 3.76. The molecule has 1 saturated carbocycles. The van der Waals surface area contributed by atoms with Crippen LogP contribution in [0.2, 0.25) is 0 Å². The van der Waals surface area contributed by atoms with Crippen LogP contribution in [-0.4, -0.2) is 12.6 Å². The summed E-state index contributed by atoms with van der Waals surface area (Å²) in [7, 11) is 0. The lowest BCUT2D eigenvalue weighted by Crippen LogP contribution is -2.37. The van der Waals surface area contributed by atoms with E-state index in [0.29, 0.717) is 11.5 Å². The van der Waals surface area contributed by atoms with Crippen LogP contribution < -0.4 is 5.32 Å². The maximum Gasteiger partial charge on any atom is 0.00793 e. The summed E-state index contributed by atoms with van der Waals surface area (Å²) >= 11 is 0. The van der Waals surface area contributed by atoms with Crippen LogP contribution in [0.15, 0.2) is 30.3 Å². The summed E-state index contributed by atoms with van der Waals surface area (Å²) in [6.45, 7) is 5.87. The van der Waals surface area contributed by atoms with Gasteiger partial charge in [0.2, 0.25) is 0 Å². The molecule has 0 spiro atoms. The number of hydrogen-bond acceptors (Lipinski definition) is 1. The van der Waals surface area contributed by atoms with E-state index >= 15 is 0 Å². The van der Waals surface area contributed by atoms with Crippen molar-refractivity contribution in [2.45, 2.75) is 58.4 Å². The van der Waals surface area contributed by atoms with E-state index in [-0.39, 0.29) is 0 Å². The van der Waals surface area contributed by atoms with Crippen molar-refractivity contribution >= 4 is 0 Å². The van der Waals surface area contributed by atoms with Gasteiger partial charge in [-0.25, -0.2) is 0 Å². The molecule has 0 saturated heterocycles. The van der Waals surface area contributed by atoms with Crippen molar-refractivity contribution in [2.24, 2.45) is 5.41 Å². The molecule has 1 atom stereocenters. The third-order valence-electron chi connectivity index (χ3n) is 4.62. The molecule has 100 valence electrons. The van der Waals surface area contributed by atoms with Crippen molar-refractivity contribution in [3.63, 3.8) is 0 Å². The first-order valence-electron chi connectivity index (χ1n) is 7.51. The highest BCUT2D eigenvalue weighted by atomic mass is 14.9. The zero-order valence-electron chi connectivity index (χ0n) is 11.9. The molecule has 1 heteroatoms. The van der Waals surface area contributed by atoms with Crippen LogP contribution in [0.1, 0.15) is 51.5 Å². The van der Waals surface area contributed by atoms with Crippen molar-refractivity contribution in [2.75, 3.05) is 6.54 Å². The Labute approximate surface area is 112 Å². The Bertz CT molecular complexity index is 338.